The molecule has 2 rings (SSSR count). The molecule has 0 aromatic heterocycles. The molecule has 3 nitrogen and oxygen atoms in total. The molecule has 1 amide bonds. The zero-order valence-corrected chi connectivity index (χ0v) is 11.2. The fraction of sp³-hybridized carbons (Fsp3) is 0.929. The van der Waals surface area contributed by atoms with Gasteiger partial charge in [-0.25, -0.2) is 0 Å². The first kappa shape index (κ1) is 12.9. The van der Waals surface area contributed by atoms with Gasteiger partial charge in [0.2, 0.25) is 5.91 Å². The summed E-state index contributed by atoms with van der Waals surface area (Å²) in [5, 5.41) is 3.51. The van der Waals surface area contributed by atoms with Crippen LogP contribution in [0.4, 0.5) is 0 Å². The highest BCUT2D eigenvalue weighted by Gasteiger charge is 2.37. The first-order valence-corrected chi connectivity index (χ1v) is 7.32. The Morgan fingerprint density at radius 3 is 2.47 bits per heavy atom. The second-order valence-electron chi connectivity index (χ2n) is 5.58. The molecule has 0 aromatic rings. The number of hydrogen-bond acceptors (Lipinski definition) is 2. The van der Waals surface area contributed by atoms with Crippen LogP contribution in [0.1, 0.15) is 58.8 Å². The second-order valence-corrected chi connectivity index (χ2v) is 5.58. The normalized spacial score (nSPS) is 29.1. The van der Waals surface area contributed by atoms with Crippen molar-refractivity contribution >= 4 is 5.91 Å². The minimum atomic E-state index is 0.0933. The number of rotatable bonds is 7. The molecule has 1 N–H and O–H groups in total. The Kier molecular flexibility index (Phi) is 4.43. The second kappa shape index (κ2) is 5.85. The van der Waals surface area contributed by atoms with Gasteiger partial charge in [0, 0.05) is 6.54 Å². The minimum Gasteiger partial charge on any atom is -0.326 e. The average molecular weight is 238 g/mol. The SMILES string of the molecule is CCCC1NC(CCC)N(CCC2CC2)C1=O. The van der Waals surface area contributed by atoms with Gasteiger partial charge in [-0.15, -0.1) is 0 Å². The van der Waals surface area contributed by atoms with Gasteiger partial charge in [-0.2, -0.15) is 0 Å². The Balaban J connectivity index is 1.89. The number of hydrogen-bond donors (Lipinski definition) is 1. The fourth-order valence-electron chi connectivity index (χ4n) is 2.75. The number of nitrogens with zero attached hydrogens (tertiary/aromatic N) is 1. The van der Waals surface area contributed by atoms with Crippen LogP contribution in [-0.4, -0.2) is 29.6 Å². The Hall–Kier alpha value is -0.570. The van der Waals surface area contributed by atoms with E-state index in [4.69, 9.17) is 0 Å². The summed E-state index contributed by atoms with van der Waals surface area (Å²) >= 11 is 0. The summed E-state index contributed by atoms with van der Waals surface area (Å²) in [6.07, 6.45) is 8.59. The molecule has 17 heavy (non-hydrogen) atoms. The van der Waals surface area contributed by atoms with Gasteiger partial charge in [0.05, 0.1) is 12.2 Å². The molecule has 2 atom stereocenters. The van der Waals surface area contributed by atoms with Crippen molar-refractivity contribution in [2.75, 3.05) is 6.54 Å². The van der Waals surface area contributed by atoms with Crippen LogP contribution < -0.4 is 5.32 Å². The van der Waals surface area contributed by atoms with Crippen LogP contribution in [0.25, 0.3) is 0 Å². The van der Waals surface area contributed by atoms with E-state index in [1.807, 2.05) is 0 Å². The molecule has 1 aliphatic carbocycles. The van der Waals surface area contributed by atoms with Crippen molar-refractivity contribution in [3.8, 4) is 0 Å². The lowest BCUT2D eigenvalue weighted by Gasteiger charge is -2.23. The van der Waals surface area contributed by atoms with E-state index in [9.17, 15) is 4.79 Å². The van der Waals surface area contributed by atoms with Crippen LogP contribution in [0.5, 0.6) is 0 Å². The molecular formula is C14H26N2O. The smallest absolute Gasteiger partial charge is 0.241 e. The average Bonchev–Trinajstić information content (AvgIpc) is 3.08. The van der Waals surface area contributed by atoms with Gasteiger partial charge in [0.1, 0.15) is 0 Å². The summed E-state index contributed by atoms with van der Waals surface area (Å²) in [5.41, 5.74) is 0. The van der Waals surface area contributed by atoms with Gasteiger partial charge in [-0.1, -0.05) is 39.5 Å². The van der Waals surface area contributed by atoms with E-state index in [1.54, 1.807) is 0 Å². The Morgan fingerprint density at radius 1 is 1.18 bits per heavy atom. The van der Waals surface area contributed by atoms with Gasteiger partial charge in [-0.3, -0.25) is 10.1 Å². The molecule has 0 radical (unpaired) electrons. The van der Waals surface area contributed by atoms with E-state index in [2.05, 4.69) is 24.1 Å². The maximum Gasteiger partial charge on any atom is 0.241 e. The van der Waals surface area contributed by atoms with E-state index in [-0.39, 0.29) is 6.04 Å². The van der Waals surface area contributed by atoms with E-state index >= 15 is 0 Å². The third-order valence-electron chi connectivity index (χ3n) is 3.97. The van der Waals surface area contributed by atoms with E-state index < -0.39 is 0 Å². The Bertz CT molecular complexity index is 263. The molecule has 0 bridgehead atoms. The zero-order valence-electron chi connectivity index (χ0n) is 11.2. The highest BCUT2D eigenvalue weighted by atomic mass is 16.2. The van der Waals surface area contributed by atoms with Crippen LogP contribution >= 0.6 is 0 Å². The molecule has 0 spiro atoms. The van der Waals surface area contributed by atoms with Crippen molar-refractivity contribution < 1.29 is 4.79 Å². The van der Waals surface area contributed by atoms with Gasteiger partial charge in [0.25, 0.3) is 0 Å². The highest BCUT2D eigenvalue weighted by Crippen LogP contribution is 2.33. The molecule has 1 heterocycles. The molecule has 0 aromatic carbocycles. The van der Waals surface area contributed by atoms with E-state index in [1.165, 1.54) is 19.3 Å². The van der Waals surface area contributed by atoms with Crippen molar-refractivity contribution in [3.63, 3.8) is 0 Å². The van der Waals surface area contributed by atoms with Gasteiger partial charge in [0.15, 0.2) is 0 Å². The minimum absolute atomic E-state index is 0.0933. The zero-order chi connectivity index (χ0) is 12.3. The predicted octanol–water partition coefficient (Wildman–Crippen LogP) is 2.51. The first-order chi connectivity index (χ1) is 8.26. The first-order valence-electron chi connectivity index (χ1n) is 7.32. The summed E-state index contributed by atoms with van der Waals surface area (Å²) in [4.78, 5) is 14.4. The number of carbonyl (C=O) groups is 1. The summed E-state index contributed by atoms with van der Waals surface area (Å²) in [6.45, 7) is 5.32. The van der Waals surface area contributed by atoms with Crippen LogP contribution in [-0.2, 0) is 4.79 Å². The van der Waals surface area contributed by atoms with Gasteiger partial charge >= 0.3 is 0 Å². The van der Waals surface area contributed by atoms with Gasteiger partial charge < -0.3 is 4.90 Å². The maximum atomic E-state index is 12.3. The fourth-order valence-corrected chi connectivity index (χ4v) is 2.75. The van der Waals surface area contributed by atoms with E-state index in [0.717, 1.165) is 38.1 Å². The third-order valence-corrected chi connectivity index (χ3v) is 3.97. The van der Waals surface area contributed by atoms with Crippen molar-refractivity contribution in [3.05, 3.63) is 0 Å². The van der Waals surface area contributed by atoms with Crippen LogP contribution in [0.15, 0.2) is 0 Å². The topological polar surface area (TPSA) is 32.3 Å². The van der Waals surface area contributed by atoms with E-state index in [0.29, 0.717) is 12.1 Å². The van der Waals surface area contributed by atoms with Crippen molar-refractivity contribution in [1.82, 2.24) is 10.2 Å². The summed E-state index contributed by atoms with van der Waals surface area (Å²) in [6, 6.07) is 0.0933. The number of amides is 1. The molecule has 3 heteroatoms. The standard InChI is InChI=1S/C14H26N2O/c1-3-5-12-14(17)16(10-9-11-7-8-11)13(15-12)6-4-2/h11-13,15H,3-10H2,1-2H3. The van der Waals surface area contributed by atoms with Crippen LogP contribution in [0.2, 0.25) is 0 Å². The molecule has 2 aliphatic rings. The Labute approximate surface area is 105 Å². The molecule has 98 valence electrons. The lowest BCUT2D eigenvalue weighted by atomic mass is 10.1. The monoisotopic (exact) mass is 238 g/mol. The van der Waals surface area contributed by atoms with Crippen LogP contribution in [0, 0.1) is 5.92 Å². The summed E-state index contributed by atoms with van der Waals surface area (Å²) in [5.74, 6) is 1.27. The molecule has 2 fully saturated rings. The third kappa shape index (κ3) is 3.21. The molecule has 2 unspecified atom stereocenters. The Morgan fingerprint density at radius 2 is 1.88 bits per heavy atom. The molecular weight excluding hydrogens is 212 g/mol. The quantitative estimate of drug-likeness (QED) is 0.739. The lowest BCUT2D eigenvalue weighted by Crippen LogP contribution is -2.38. The van der Waals surface area contributed by atoms with Crippen LogP contribution in [0.3, 0.4) is 0 Å². The van der Waals surface area contributed by atoms with Crippen molar-refractivity contribution in [1.29, 1.82) is 0 Å². The summed E-state index contributed by atoms with van der Waals surface area (Å²) in [7, 11) is 0. The summed E-state index contributed by atoms with van der Waals surface area (Å²) < 4.78 is 0. The number of nitrogens with one attached hydrogen (secondary N) is 1. The highest BCUT2D eigenvalue weighted by molar-refractivity contribution is 5.84. The maximum absolute atomic E-state index is 12.3. The molecule has 1 aliphatic heterocycles. The largest absolute Gasteiger partial charge is 0.326 e. The predicted molar refractivity (Wildman–Crippen MR) is 69.6 cm³/mol. The van der Waals surface area contributed by atoms with Gasteiger partial charge in [-0.05, 0) is 25.2 Å². The molecule has 1 saturated heterocycles. The molecule has 1 saturated carbocycles. The van der Waals surface area contributed by atoms with Crippen molar-refractivity contribution in [2.24, 2.45) is 5.92 Å². The lowest BCUT2D eigenvalue weighted by molar-refractivity contribution is -0.130. The van der Waals surface area contributed by atoms with Crippen molar-refractivity contribution in [2.45, 2.75) is 71.0 Å². The number of carbonyl (C=O) groups excluding carboxylic acids is 1.